The molecule has 0 saturated heterocycles. The number of nitrogens with zero attached hydrogens (tertiary/aromatic N) is 4. The summed E-state index contributed by atoms with van der Waals surface area (Å²) in [4.78, 5) is 20.9. The summed E-state index contributed by atoms with van der Waals surface area (Å²) in [5, 5.41) is 7.57. The Hall–Kier alpha value is -3.39. The Balaban J connectivity index is 1.36. The van der Waals surface area contributed by atoms with E-state index in [2.05, 4.69) is 39.5 Å². The third-order valence-corrected chi connectivity index (χ3v) is 5.21. The van der Waals surface area contributed by atoms with E-state index in [1.807, 2.05) is 41.1 Å². The number of rotatable bonds is 7. The van der Waals surface area contributed by atoms with Crippen molar-refractivity contribution in [2.45, 2.75) is 24.4 Å². The van der Waals surface area contributed by atoms with Crippen LogP contribution in [-0.4, -0.2) is 25.6 Å². The highest BCUT2D eigenvalue weighted by Crippen LogP contribution is 2.25. The van der Waals surface area contributed by atoms with Gasteiger partial charge in [0.05, 0.1) is 18.0 Å². The first-order chi connectivity index (χ1) is 14.2. The average Bonchev–Trinajstić information content (AvgIpc) is 3.41. The Labute approximate surface area is 172 Å². The highest BCUT2D eigenvalue weighted by molar-refractivity contribution is 7.98. The number of nitrogens with one attached hydrogen (secondary N) is 1. The lowest BCUT2D eigenvalue weighted by atomic mass is 10.2. The van der Waals surface area contributed by atoms with Crippen LogP contribution < -0.4 is 5.32 Å². The third-order valence-electron chi connectivity index (χ3n) is 4.26. The Morgan fingerprint density at radius 3 is 2.76 bits per heavy atom. The molecule has 0 aliphatic carbocycles. The van der Waals surface area contributed by atoms with Crippen LogP contribution >= 0.6 is 11.8 Å². The second-order valence-corrected chi connectivity index (χ2v) is 7.25. The monoisotopic (exact) mass is 405 g/mol. The molecule has 0 unspecified atom stereocenters. The second-order valence-electron chi connectivity index (χ2n) is 6.31. The molecule has 146 valence electrons. The maximum absolute atomic E-state index is 12.1. The van der Waals surface area contributed by atoms with Crippen LogP contribution in [0.2, 0.25) is 0 Å². The van der Waals surface area contributed by atoms with Crippen LogP contribution in [0.4, 0.5) is 0 Å². The molecule has 8 heteroatoms. The number of hydrogen-bond donors (Lipinski definition) is 1. The number of para-hydroxylation sites is 1. The molecule has 0 atom stereocenters. The minimum Gasteiger partial charge on any atom is -0.345 e. The molecule has 0 fully saturated rings. The number of carbonyl (C=O) groups is 1. The summed E-state index contributed by atoms with van der Waals surface area (Å²) in [6, 6.07) is 17.2. The van der Waals surface area contributed by atoms with Crippen molar-refractivity contribution >= 4 is 17.7 Å². The van der Waals surface area contributed by atoms with E-state index in [1.54, 1.807) is 18.3 Å². The van der Waals surface area contributed by atoms with E-state index in [0.717, 1.165) is 10.8 Å². The first kappa shape index (κ1) is 18.9. The first-order valence-corrected chi connectivity index (χ1v) is 10.1. The molecule has 7 nitrogen and oxygen atoms in total. The van der Waals surface area contributed by atoms with Crippen LogP contribution in [0, 0.1) is 6.92 Å². The van der Waals surface area contributed by atoms with E-state index in [4.69, 9.17) is 4.52 Å². The van der Waals surface area contributed by atoms with Crippen LogP contribution in [0.25, 0.3) is 5.69 Å². The van der Waals surface area contributed by atoms with Crippen molar-refractivity contribution in [3.8, 4) is 5.69 Å². The molecule has 4 aromatic rings. The Kier molecular flexibility index (Phi) is 5.71. The zero-order valence-corrected chi connectivity index (χ0v) is 16.6. The largest absolute Gasteiger partial charge is 0.345 e. The number of thioether (sulfide) groups is 1. The summed E-state index contributed by atoms with van der Waals surface area (Å²) in [5.41, 5.74) is 2.85. The molecule has 1 N–H and O–H groups in total. The van der Waals surface area contributed by atoms with Crippen LogP contribution in [-0.2, 0) is 12.3 Å². The lowest BCUT2D eigenvalue weighted by Gasteiger charge is -2.09. The van der Waals surface area contributed by atoms with Gasteiger partial charge in [-0.1, -0.05) is 53.3 Å². The third kappa shape index (κ3) is 4.55. The zero-order valence-electron chi connectivity index (χ0n) is 15.8. The van der Waals surface area contributed by atoms with Gasteiger partial charge >= 0.3 is 0 Å². The topological polar surface area (TPSA) is 85.8 Å². The minimum absolute atomic E-state index is 0.174. The molecule has 29 heavy (non-hydrogen) atoms. The predicted molar refractivity (Wildman–Crippen MR) is 110 cm³/mol. The number of imidazole rings is 1. The number of amides is 1. The molecule has 0 aliphatic heterocycles. The molecule has 0 bridgehead atoms. The summed E-state index contributed by atoms with van der Waals surface area (Å²) in [6.07, 6.45) is 3.70. The Morgan fingerprint density at radius 1 is 1.14 bits per heavy atom. The molecular formula is C21H19N5O2S. The van der Waals surface area contributed by atoms with E-state index in [1.165, 1.54) is 17.3 Å². The Morgan fingerprint density at radius 2 is 1.93 bits per heavy atom. The molecule has 0 radical (unpaired) electrons. The quantitative estimate of drug-likeness (QED) is 0.471. The van der Waals surface area contributed by atoms with Gasteiger partial charge in [0.25, 0.3) is 5.91 Å². The van der Waals surface area contributed by atoms with Gasteiger partial charge in [-0.25, -0.2) is 4.98 Å². The van der Waals surface area contributed by atoms with Crippen LogP contribution in [0.5, 0.6) is 0 Å². The predicted octanol–water partition coefficient (Wildman–Crippen LogP) is 3.79. The zero-order chi connectivity index (χ0) is 20.1. The van der Waals surface area contributed by atoms with Crippen molar-refractivity contribution in [1.29, 1.82) is 0 Å². The van der Waals surface area contributed by atoms with Gasteiger partial charge in [0.15, 0.2) is 11.0 Å². The van der Waals surface area contributed by atoms with Gasteiger partial charge in [0, 0.05) is 18.0 Å². The summed E-state index contributed by atoms with van der Waals surface area (Å²) >= 11 is 1.51. The minimum atomic E-state index is -0.174. The van der Waals surface area contributed by atoms with Crippen LogP contribution in [0.1, 0.15) is 27.6 Å². The molecule has 0 spiro atoms. The van der Waals surface area contributed by atoms with Gasteiger partial charge in [-0.3, -0.25) is 9.36 Å². The molecule has 1 amide bonds. The van der Waals surface area contributed by atoms with Crippen molar-refractivity contribution in [3.05, 3.63) is 89.8 Å². The van der Waals surface area contributed by atoms with Gasteiger partial charge in [-0.05, 0) is 30.7 Å². The molecule has 2 aromatic heterocycles. The summed E-state index contributed by atoms with van der Waals surface area (Å²) in [7, 11) is 0. The number of hydrogen-bond acceptors (Lipinski definition) is 6. The average molecular weight is 405 g/mol. The number of benzene rings is 2. The fraction of sp³-hybridized carbons (Fsp3) is 0.143. The molecule has 4 rings (SSSR count). The van der Waals surface area contributed by atoms with Gasteiger partial charge in [0.1, 0.15) is 0 Å². The van der Waals surface area contributed by atoms with Gasteiger partial charge in [-0.2, -0.15) is 4.98 Å². The van der Waals surface area contributed by atoms with Crippen molar-refractivity contribution in [2.24, 2.45) is 0 Å². The molecule has 2 heterocycles. The standard InChI is InChI=1S/C21H19N5O2S/c1-15-7-5-6-10-17(15)26-12-11-22-21(26)29-14-19-24-18(25-28-19)13-23-20(27)16-8-3-2-4-9-16/h2-12H,13-14H2,1H3,(H,23,27). The fourth-order valence-corrected chi connectivity index (χ4v) is 3.61. The maximum atomic E-state index is 12.1. The maximum Gasteiger partial charge on any atom is 0.251 e. The Bertz CT molecular complexity index is 1110. The summed E-state index contributed by atoms with van der Waals surface area (Å²) < 4.78 is 7.34. The van der Waals surface area contributed by atoms with Crippen LogP contribution in [0.15, 0.2) is 76.7 Å². The molecular weight excluding hydrogens is 386 g/mol. The van der Waals surface area contributed by atoms with Crippen LogP contribution in [0.3, 0.4) is 0 Å². The van der Waals surface area contributed by atoms with E-state index in [-0.39, 0.29) is 12.5 Å². The highest BCUT2D eigenvalue weighted by Gasteiger charge is 2.12. The fourth-order valence-electron chi connectivity index (χ4n) is 2.81. The van der Waals surface area contributed by atoms with Crippen molar-refractivity contribution in [1.82, 2.24) is 25.0 Å². The highest BCUT2D eigenvalue weighted by atomic mass is 32.2. The SMILES string of the molecule is Cc1ccccc1-n1ccnc1SCc1nc(CNC(=O)c2ccccc2)no1. The molecule has 0 saturated carbocycles. The number of carbonyl (C=O) groups excluding carboxylic acids is 1. The first-order valence-electron chi connectivity index (χ1n) is 9.07. The molecule has 2 aromatic carbocycles. The van der Waals surface area contributed by atoms with E-state index in [9.17, 15) is 4.79 Å². The van der Waals surface area contributed by atoms with E-state index < -0.39 is 0 Å². The van der Waals surface area contributed by atoms with Crippen molar-refractivity contribution < 1.29 is 9.32 Å². The summed E-state index contributed by atoms with van der Waals surface area (Å²) in [5.74, 6) is 1.24. The van der Waals surface area contributed by atoms with E-state index >= 15 is 0 Å². The lowest BCUT2D eigenvalue weighted by Crippen LogP contribution is -2.23. The lowest BCUT2D eigenvalue weighted by molar-refractivity contribution is 0.0949. The number of aromatic nitrogens is 4. The van der Waals surface area contributed by atoms with Crippen molar-refractivity contribution in [2.75, 3.05) is 0 Å². The van der Waals surface area contributed by atoms with Crippen molar-refractivity contribution in [3.63, 3.8) is 0 Å². The van der Waals surface area contributed by atoms with E-state index in [0.29, 0.717) is 23.0 Å². The van der Waals surface area contributed by atoms with Gasteiger partial charge < -0.3 is 9.84 Å². The van der Waals surface area contributed by atoms with Gasteiger partial charge in [0.2, 0.25) is 5.89 Å². The smallest absolute Gasteiger partial charge is 0.251 e. The summed E-state index contributed by atoms with van der Waals surface area (Å²) in [6.45, 7) is 2.28. The molecule has 0 aliphatic rings. The number of aryl methyl sites for hydroxylation is 1. The normalized spacial score (nSPS) is 10.8. The second kappa shape index (κ2) is 8.74. The van der Waals surface area contributed by atoms with Gasteiger partial charge in [-0.15, -0.1) is 0 Å².